The lowest BCUT2D eigenvalue weighted by Gasteiger charge is -2.32. The molecule has 1 aliphatic heterocycles. The molecule has 1 aliphatic rings. The highest BCUT2D eigenvalue weighted by molar-refractivity contribution is 5.95. The molecule has 190 valence electrons. The largest absolute Gasteiger partial charge is 0.354 e. The SMILES string of the molecule is C=C(C)/C=C(\C=C(C)C)c1[nH]c2ccc(C3CCN(C(=O)c4cn(C)nc4C)CC3)cc2c1C(C)C. The Hall–Kier alpha value is -3.34. The van der Waals surface area contributed by atoms with E-state index in [0.29, 0.717) is 17.4 Å². The fourth-order valence-corrected chi connectivity index (χ4v) is 5.47. The molecule has 0 unspecified atom stereocenters. The highest BCUT2D eigenvalue weighted by Gasteiger charge is 2.27. The van der Waals surface area contributed by atoms with Gasteiger partial charge in [-0.3, -0.25) is 9.48 Å². The number of carbonyl (C=O) groups excluding carboxylic acids is 1. The number of aromatic nitrogens is 3. The summed E-state index contributed by atoms with van der Waals surface area (Å²) in [6.07, 6.45) is 8.19. The maximum atomic E-state index is 13.0. The van der Waals surface area contributed by atoms with Crippen LogP contribution in [0, 0.1) is 6.92 Å². The monoisotopic (exact) mass is 484 g/mol. The molecule has 0 bridgehead atoms. The van der Waals surface area contributed by atoms with Crippen molar-refractivity contribution in [1.82, 2.24) is 19.7 Å². The Labute approximate surface area is 215 Å². The van der Waals surface area contributed by atoms with E-state index in [0.717, 1.165) is 37.2 Å². The maximum Gasteiger partial charge on any atom is 0.257 e. The van der Waals surface area contributed by atoms with E-state index in [2.05, 4.69) is 74.7 Å². The lowest BCUT2D eigenvalue weighted by atomic mass is 9.87. The number of piperidine rings is 1. The van der Waals surface area contributed by atoms with Crippen LogP contribution >= 0.6 is 0 Å². The van der Waals surface area contributed by atoms with Gasteiger partial charge in [-0.2, -0.15) is 5.10 Å². The number of allylic oxidation sites excluding steroid dienone is 5. The molecule has 1 saturated heterocycles. The second-order valence-corrected chi connectivity index (χ2v) is 10.9. The molecule has 0 atom stereocenters. The van der Waals surface area contributed by atoms with Gasteiger partial charge < -0.3 is 9.88 Å². The number of hydrogen-bond donors (Lipinski definition) is 1. The van der Waals surface area contributed by atoms with E-state index in [1.807, 2.05) is 32.0 Å². The molecule has 36 heavy (non-hydrogen) atoms. The maximum absolute atomic E-state index is 13.0. The van der Waals surface area contributed by atoms with Crippen molar-refractivity contribution >= 4 is 22.4 Å². The van der Waals surface area contributed by atoms with E-state index in [-0.39, 0.29) is 5.91 Å². The number of rotatable bonds is 6. The molecule has 5 heteroatoms. The number of carbonyl (C=O) groups is 1. The summed E-state index contributed by atoms with van der Waals surface area (Å²) in [6.45, 7) is 18.4. The van der Waals surface area contributed by atoms with Crippen LogP contribution in [-0.2, 0) is 7.05 Å². The molecule has 4 rings (SSSR count). The summed E-state index contributed by atoms with van der Waals surface area (Å²) in [7, 11) is 1.86. The Morgan fingerprint density at radius 1 is 1.17 bits per heavy atom. The Morgan fingerprint density at radius 2 is 1.86 bits per heavy atom. The minimum Gasteiger partial charge on any atom is -0.354 e. The van der Waals surface area contributed by atoms with Gasteiger partial charge in [-0.15, -0.1) is 0 Å². The van der Waals surface area contributed by atoms with E-state index in [1.165, 1.54) is 38.9 Å². The molecule has 3 heterocycles. The number of likely N-dealkylation sites (tertiary alicyclic amines) is 1. The van der Waals surface area contributed by atoms with Crippen molar-refractivity contribution in [2.24, 2.45) is 7.05 Å². The van der Waals surface area contributed by atoms with Crippen LogP contribution < -0.4 is 0 Å². The smallest absolute Gasteiger partial charge is 0.257 e. The molecule has 5 nitrogen and oxygen atoms in total. The predicted octanol–water partition coefficient (Wildman–Crippen LogP) is 7.28. The van der Waals surface area contributed by atoms with E-state index in [1.54, 1.807) is 4.68 Å². The van der Waals surface area contributed by atoms with E-state index in [4.69, 9.17) is 0 Å². The van der Waals surface area contributed by atoms with Gasteiger partial charge in [0.15, 0.2) is 0 Å². The van der Waals surface area contributed by atoms with E-state index in [9.17, 15) is 4.79 Å². The Morgan fingerprint density at radius 3 is 2.42 bits per heavy atom. The Kier molecular flexibility index (Phi) is 7.39. The first-order valence-corrected chi connectivity index (χ1v) is 13.0. The highest BCUT2D eigenvalue weighted by Crippen LogP contribution is 2.37. The molecule has 2 aromatic heterocycles. The number of benzene rings is 1. The number of aromatic amines is 1. The summed E-state index contributed by atoms with van der Waals surface area (Å²) in [6, 6.07) is 6.89. The minimum atomic E-state index is 0.1000. The van der Waals surface area contributed by atoms with Crippen LogP contribution in [0.5, 0.6) is 0 Å². The zero-order chi connectivity index (χ0) is 26.1. The van der Waals surface area contributed by atoms with Gasteiger partial charge in [-0.25, -0.2) is 0 Å². The van der Waals surface area contributed by atoms with Crippen LogP contribution in [0.3, 0.4) is 0 Å². The fourth-order valence-electron chi connectivity index (χ4n) is 5.47. The van der Waals surface area contributed by atoms with Crippen molar-refractivity contribution < 1.29 is 4.79 Å². The molecule has 1 amide bonds. The quantitative estimate of drug-likeness (QED) is 0.374. The summed E-state index contributed by atoms with van der Waals surface area (Å²) in [4.78, 5) is 18.7. The van der Waals surface area contributed by atoms with Crippen LogP contribution in [0.25, 0.3) is 16.5 Å². The lowest BCUT2D eigenvalue weighted by Crippen LogP contribution is -2.38. The summed E-state index contributed by atoms with van der Waals surface area (Å²) in [5, 5.41) is 5.64. The summed E-state index contributed by atoms with van der Waals surface area (Å²) in [5.74, 6) is 0.934. The molecule has 1 fully saturated rings. The molecule has 0 radical (unpaired) electrons. The Balaban J connectivity index is 1.62. The summed E-state index contributed by atoms with van der Waals surface area (Å²) in [5.41, 5.74) is 10.1. The lowest BCUT2D eigenvalue weighted by molar-refractivity contribution is 0.0712. The third-order valence-electron chi connectivity index (χ3n) is 7.07. The second-order valence-electron chi connectivity index (χ2n) is 10.9. The Bertz CT molecular complexity index is 1350. The minimum absolute atomic E-state index is 0.1000. The van der Waals surface area contributed by atoms with Crippen LogP contribution in [-0.4, -0.2) is 38.7 Å². The van der Waals surface area contributed by atoms with Gasteiger partial charge in [-0.05, 0) is 81.2 Å². The number of nitrogens with zero attached hydrogens (tertiary/aromatic N) is 3. The molecule has 0 saturated carbocycles. The third-order valence-corrected chi connectivity index (χ3v) is 7.07. The van der Waals surface area contributed by atoms with Gasteiger partial charge in [0.1, 0.15) is 0 Å². The number of aryl methyl sites for hydroxylation is 2. The van der Waals surface area contributed by atoms with Gasteiger partial charge in [0.05, 0.1) is 11.3 Å². The average molecular weight is 485 g/mol. The topological polar surface area (TPSA) is 53.9 Å². The van der Waals surface area contributed by atoms with Gasteiger partial charge >= 0.3 is 0 Å². The fraction of sp³-hybridized carbons (Fsp3) is 0.419. The molecule has 0 aliphatic carbocycles. The number of hydrogen-bond acceptors (Lipinski definition) is 2. The first-order chi connectivity index (χ1) is 17.0. The van der Waals surface area contributed by atoms with Gasteiger partial charge in [0, 0.05) is 42.9 Å². The van der Waals surface area contributed by atoms with Gasteiger partial charge in [-0.1, -0.05) is 49.8 Å². The number of H-pyrrole nitrogens is 1. The zero-order valence-corrected chi connectivity index (χ0v) is 22.9. The van der Waals surface area contributed by atoms with E-state index >= 15 is 0 Å². The van der Waals surface area contributed by atoms with Gasteiger partial charge in [0.2, 0.25) is 0 Å². The van der Waals surface area contributed by atoms with Crippen LogP contribution in [0.4, 0.5) is 0 Å². The number of fused-ring (bicyclic) bond motifs is 1. The molecule has 1 N–H and O–H groups in total. The van der Waals surface area contributed by atoms with Gasteiger partial charge in [0.25, 0.3) is 5.91 Å². The zero-order valence-electron chi connectivity index (χ0n) is 22.9. The number of amides is 1. The first-order valence-electron chi connectivity index (χ1n) is 13.0. The standard InChI is InChI=1S/C31H40N4O/c1-19(2)15-25(16-20(3)4)30-29(21(5)6)26-17-24(9-10-28(26)32-30)23-11-13-35(14-12-23)31(36)27-18-34(8)33-22(27)7/h9-10,15-18,21,23,32H,1,11-14H2,2-8H3/b25-15+. The van der Waals surface area contributed by atoms with Crippen molar-refractivity contribution in [3.63, 3.8) is 0 Å². The van der Waals surface area contributed by atoms with Crippen molar-refractivity contribution in [1.29, 1.82) is 0 Å². The molecular weight excluding hydrogens is 444 g/mol. The molecular formula is C31H40N4O. The average Bonchev–Trinajstić information content (AvgIpc) is 3.36. The normalized spacial score (nSPS) is 15.1. The molecule has 0 spiro atoms. The second kappa shape index (κ2) is 10.3. The number of nitrogens with one attached hydrogen (secondary N) is 1. The molecule has 1 aromatic carbocycles. The van der Waals surface area contributed by atoms with Crippen molar-refractivity contribution in [3.05, 3.63) is 82.4 Å². The summed E-state index contributed by atoms with van der Waals surface area (Å²) >= 11 is 0. The summed E-state index contributed by atoms with van der Waals surface area (Å²) < 4.78 is 1.72. The van der Waals surface area contributed by atoms with Crippen molar-refractivity contribution in [2.75, 3.05) is 13.1 Å². The van der Waals surface area contributed by atoms with Crippen LogP contribution in [0.15, 0.2) is 54.3 Å². The molecule has 3 aromatic rings. The third kappa shape index (κ3) is 5.25. The van der Waals surface area contributed by atoms with Crippen molar-refractivity contribution in [3.8, 4) is 0 Å². The highest BCUT2D eigenvalue weighted by atomic mass is 16.2. The first kappa shape index (κ1) is 25.7. The van der Waals surface area contributed by atoms with Crippen LogP contribution in [0.1, 0.15) is 92.2 Å². The van der Waals surface area contributed by atoms with Crippen LogP contribution in [0.2, 0.25) is 0 Å². The predicted molar refractivity (Wildman–Crippen MR) is 150 cm³/mol. The van der Waals surface area contributed by atoms with E-state index < -0.39 is 0 Å². The van der Waals surface area contributed by atoms with Crippen molar-refractivity contribution in [2.45, 2.75) is 66.2 Å².